The van der Waals surface area contributed by atoms with Crippen molar-refractivity contribution in [3.8, 4) is 0 Å². The predicted octanol–water partition coefficient (Wildman–Crippen LogP) is 1.61. The molecule has 7 heteroatoms. The molecule has 2 heterocycles. The molecule has 7 nitrogen and oxygen atoms in total. The summed E-state index contributed by atoms with van der Waals surface area (Å²) in [4.78, 5) is 37.3. The number of amides is 2. The van der Waals surface area contributed by atoms with E-state index in [0.717, 1.165) is 5.56 Å². The molecule has 1 unspecified atom stereocenters. The van der Waals surface area contributed by atoms with Crippen LogP contribution in [0.2, 0.25) is 0 Å². The Morgan fingerprint density at radius 1 is 1.20 bits per heavy atom. The summed E-state index contributed by atoms with van der Waals surface area (Å²) in [5, 5.41) is 12.2. The molecule has 0 saturated heterocycles. The largest absolute Gasteiger partial charge is 0.479 e. The lowest BCUT2D eigenvalue weighted by molar-refractivity contribution is -0.151. The summed E-state index contributed by atoms with van der Waals surface area (Å²) in [5.74, 6) is -1.60. The molecule has 0 saturated carbocycles. The Bertz CT molecular complexity index is 785. The predicted molar refractivity (Wildman–Crippen MR) is 87.9 cm³/mol. The number of hydrogen-bond acceptors (Lipinski definition) is 4. The topological polar surface area (TPSA) is 99.9 Å². The number of carboxylic acid groups (broad SMARTS) is 1. The molecule has 0 spiro atoms. The number of carboxylic acids is 1. The van der Waals surface area contributed by atoms with Crippen LogP contribution in [0.25, 0.3) is 0 Å². The Labute approximate surface area is 144 Å². The Morgan fingerprint density at radius 2 is 2.00 bits per heavy atom. The van der Waals surface area contributed by atoms with Gasteiger partial charge in [0.2, 0.25) is 5.91 Å². The molecule has 1 atom stereocenters. The molecule has 2 amide bonds. The monoisotopic (exact) mass is 342 g/mol. The minimum Gasteiger partial charge on any atom is -0.479 e. The van der Waals surface area contributed by atoms with Gasteiger partial charge in [-0.05, 0) is 29.7 Å². The molecule has 0 aliphatic carbocycles. The third-order valence-corrected chi connectivity index (χ3v) is 4.21. The molecule has 1 aliphatic heterocycles. The van der Waals surface area contributed by atoms with Gasteiger partial charge in [0.25, 0.3) is 5.91 Å². The Balaban J connectivity index is 1.63. The van der Waals surface area contributed by atoms with Crippen LogP contribution in [0.1, 0.15) is 34.1 Å². The summed E-state index contributed by atoms with van der Waals surface area (Å²) >= 11 is 0. The van der Waals surface area contributed by atoms with Gasteiger partial charge in [0, 0.05) is 19.5 Å². The highest BCUT2D eigenvalue weighted by atomic mass is 16.4. The third kappa shape index (κ3) is 3.55. The molecular formula is C18H18N2O5. The molecule has 3 rings (SSSR count). The van der Waals surface area contributed by atoms with Crippen molar-refractivity contribution in [1.29, 1.82) is 0 Å². The van der Waals surface area contributed by atoms with Crippen molar-refractivity contribution >= 4 is 17.8 Å². The molecule has 2 N–H and O–H groups in total. The number of nitrogens with zero attached hydrogens (tertiary/aromatic N) is 1. The number of aliphatic carboxylic acids is 1. The second kappa shape index (κ2) is 7.21. The lowest BCUT2D eigenvalue weighted by Crippen LogP contribution is -2.44. The van der Waals surface area contributed by atoms with Crippen LogP contribution in [0.3, 0.4) is 0 Å². The van der Waals surface area contributed by atoms with Crippen molar-refractivity contribution < 1.29 is 23.9 Å². The normalized spacial score (nSPS) is 16.2. The first-order chi connectivity index (χ1) is 12.1. The van der Waals surface area contributed by atoms with E-state index in [1.54, 1.807) is 18.2 Å². The lowest BCUT2D eigenvalue weighted by Gasteiger charge is -2.34. The molecule has 25 heavy (non-hydrogen) atoms. The van der Waals surface area contributed by atoms with Crippen LogP contribution in [0.15, 0.2) is 47.1 Å². The van der Waals surface area contributed by atoms with E-state index in [1.807, 2.05) is 12.1 Å². The summed E-state index contributed by atoms with van der Waals surface area (Å²) < 4.78 is 4.97. The van der Waals surface area contributed by atoms with Crippen LogP contribution in [0, 0.1) is 0 Å². The minimum absolute atomic E-state index is 0.0262. The van der Waals surface area contributed by atoms with Crippen LogP contribution < -0.4 is 5.32 Å². The quantitative estimate of drug-likeness (QED) is 0.860. The smallest absolute Gasteiger partial charge is 0.331 e. The van der Waals surface area contributed by atoms with Crippen LogP contribution in [-0.2, 0) is 16.0 Å². The third-order valence-electron chi connectivity index (χ3n) is 4.21. The highest BCUT2D eigenvalue weighted by Gasteiger charge is 2.35. The first-order valence-electron chi connectivity index (χ1n) is 7.99. The number of hydrogen-bond donors (Lipinski definition) is 2. The summed E-state index contributed by atoms with van der Waals surface area (Å²) in [6.07, 6.45) is 2.03. The van der Waals surface area contributed by atoms with Gasteiger partial charge >= 0.3 is 5.97 Å². The number of carbonyl (C=O) groups is 3. The van der Waals surface area contributed by atoms with Crippen molar-refractivity contribution in [2.45, 2.75) is 18.9 Å². The van der Waals surface area contributed by atoms with Crippen molar-refractivity contribution in [2.24, 2.45) is 0 Å². The van der Waals surface area contributed by atoms with Gasteiger partial charge in [0.1, 0.15) is 0 Å². The van der Waals surface area contributed by atoms with E-state index in [2.05, 4.69) is 5.32 Å². The fourth-order valence-corrected chi connectivity index (χ4v) is 3.02. The Morgan fingerprint density at radius 3 is 2.72 bits per heavy atom. The number of furan rings is 1. The zero-order valence-corrected chi connectivity index (χ0v) is 13.5. The molecule has 2 aromatic rings. The van der Waals surface area contributed by atoms with Gasteiger partial charge in [0.05, 0.1) is 6.26 Å². The van der Waals surface area contributed by atoms with Crippen LogP contribution >= 0.6 is 0 Å². The molecule has 0 bridgehead atoms. The highest BCUT2D eigenvalue weighted by molar-refractivity contribution is 5.92. The molecule has 1 aromatic heterocycles. The van der Waals surface area contributed by atoms with Gasteiger partial charge in [-0.3, -0.25) is 9.59 Å². The molecule has 0 radical (unpaired) electrons. The van der Waals surface area contributed by atoms with E-state index in [4.69, 9.17) is 4.42 Å². The van der Waals surface area contributed by atoms with Crippen molar-refractivity contribution in [3.05, 3.63) is 59.5 Å². The fraction of sp³-hybridized carbons (Fsp3) is 0.278. The fourth-order valence-electron chi connectivity index (χ4n) is 3.02. The van der Waals surface area contributed by atoms with E-state index >= 15 is 0 Å². The molecule has 130 valence electrons. The summed E-state index contributed by atoms with van der Waals surface area (Å²) in [6.45, 7) is 0.460. The summed E-state index contributed by atoms with van der Waals surface area (Å²) in [5.41, 5.74) is 1.60. The maximum absolute atomic E-state index is 12.5. The van der Waals surface area contributed by atoms with Gasteiger partial charge in [-0.15, -0.1) is 0 Å². The van der Waals surface area contributed by atoms with E-state index in [0.29, 0.717) is 18.5 Å². The lowest BCUT2D eigenvalue weighted by atomic mass is 9.92. The minimum atomic E-state index is -1.06. The number of benzene rings is 1. The second-order valence-corrected chi connectivity index (χ2v) is 5.76. The van der Waals surface area contributed by atoms with E-state index < -0.39 is 17.9 Å². The average molecular weight is 342 g/mol. The highest BCUT2D eigenvalue weighted by Crippen LogP contribution is 2.30. The van der Waals surface area contributed by atoms with Crippen molar-refractivity contribution in [3.63, 3.8) is 0 Å². The maximum atomic E-state index is 12.5. The molecule has 1 aliphatic rings. The van der Waals surface area contributed by atoms with Gasteiger partial charge in [-0.1, -0.05) is 24.3 Å². The first-order valence-corrected chi connectivity index (χ1v) is 7.99. The Kier molecular flexibility index (Phi) is 4.83. The van der Waals surface area contributed by atoms with E-state index in [1.165, 1.54) is 17.2 Å². The standard InChI is InChI=1S/C18H18N2O5/c21-15(7-9-19-17(22)14-6-3-11-25-14)20-10-8-12-4-1-2-5-13(12)16(20)18(23)24/h1-6,11,16H,7-10H2,(H,19,22)(H,23,24). The number of carbonyl (C=O) groups excluding carboxylic acids is 2. The van der Waals surface area contributed by atoms with Gasteiger partial charge in [0.15, 0.2) is 11.8 Å². The van der Waals surface area contributed by atoms with Crippen LogP contribution in [0.5, 0.6) is 0 Å². The average Bonchev–Trinajstić information content (AvgIpc) is 3.15. The zero-order chi connectivity index (χ0) is 17.8. The second-order valence-electron chi connectivity index (χ2n) is 5.76. The van der Waals surface area contributed by atoms with Gasteiger partial charge in [-0.2, -0.15) is 0 Å². The van der Waals surface area contributed by atoms with Gasteiger partial charge in [-0.25, -0.2) is 4.79 Å². The maximum Gasteiger partial charge on any atom is 0.331 e. The van der Waals surface area contributed by atoms with E-state index in [-0.39, 0.29) is 24.6 Å². The Hall–Kier alpha value is -3.09. The molecular weight excluding hydrogens is 324 g/mol. The summed E-state index contributed by atoms with van der Waals surface area (Å²) in [6, 6.07) is 9.40. The number of rotatable bonds is 5. The van der Waals surface area contributed by atoms with Gasteiger partial charge < -0.3 is 19.7 Å². The van der Waals surface area contributed by atoms with Crippen molar-refractivity contribution in [1.82, 2.24) is 10.2 Å². The summed E-state index contributed by atoms with van der Waals surface area (Å²) in [7, 11) is 0. The van der Waals surface area contributed by atoms with Crippen LogP contribution in [0.4, 0.5) is 0 Å². The van der Waals surface area contributed by atoms with Crippen molar-refractivity contribution in [2.75, 3.05) is 13.1 Å². The number of nitrogens with one attached hydrogen (secondary N) is 1. The number of fused-ring (bicyclic) bond motifs is 1. The SMILES string of the molecule is O=C(NCCC(=O)N1CCc2ccccc2C1C(=O)O)c1ccco1. The molecule has 1 aromatic carbocycles. The van der Waals surface area contributed by atoms with Crippen LogP contribution in [-0.4, -0.2) is 40.9 Å². The molecule has 0 fully saturated rings. The van der Waals surface area contributed by atoms with E-state index in [9.17, 15) is 19.5 Å². The zero-order valence-electron chi connectivity index (χ0n) is 13.5. The first kappa shape index (κ1) is 16.8.